The van der Waals surface area contributed by atoms with Gasteiger partial charge in [0, 0.05) is 12.2 Å². The maximum absolute atomic E-state index is 4.45. The van der Waals surface area contributed by atoms with Crippen LogP contribution in [0.25, 0.3) is 5.69 Å². The van der Waals surface area contributed by atoms with Crippen molar-refractivity contribution in [3.05, 3.63) is 48.0 Å². The highest BCUT2D eigenvalue weighted by atomic mass is 15.1. The van der Waals surface area contributed by atoms with Crippen molar-refractivity contribution in [2.24, 2.45) is 5.92 Å². The molecule has 3 rings (SSSR count). The average Bonchev–Trinajstić information content (AvgIpc) is 2.75. The smallest absolute Gasteiger partial charge is 0.110 e. The molecule has 0 unspecified atom stereocenters. The monoisotopic (exact) mass is 255 g/mol. The Morgan fingerprint density at radius 2 is 2.05 bits per heavy atom. The van der Waals surface area contributed by atoms with E-state index in [1.807, 2.05) is 12.3 Å². The summed E-state index contributed by atoms with van der Waals surface area (Å²) < 4.78 is 2.23. The van der Waals surface area contributed by atoms with Crippen molar-refractivity contribution >= 4 is 0 Å². The number of hydrogen-bond acceptors (Lipinski definition) is 2. The van der Waals surface area contributed by atoms with Crippen molar-refractivity contribution < 1.29 is 0 Å². The summed E-state index contributed by atoms with van der Waals surface area (Å²) in [5, 5.41) is 3.57. The first kappa shape index (κ1) is 12.4. The zero-order chi connectivity index (χ0) is 13.1. The second-order valence-electron chi connectivity index (χ2n) is 5.40. The molecule has 1 heterocycles. The summed E-state index contributed by atoms with van der Waals surface area (Å²) in [6.07, 6.45) is 6.18. The molecule has 0 spiro atoms. The molecule has 0 radical (unpaired) electrons. The van der Waals surface area contributed by atoms with Gasteiger partial charge in [0.2, 0.25) is 0 Å². The van der Waals surface area contributed by atoms with Crippen LogP contribution >= 0.6 is 0 Å². The molecule has 0 atom stereocenters. The maximum Gasteiger partial charge on any atom is 0.110 e. The highest BCUT2D eigenvalue weighted by molar-refractivity contribution is 5.35. The van der Waals surface area contributed by atoms with Gasteiger partial charge in [-0.3, -0.25) is 4.57 Å². The lowest BCUT2D eigenvalue weighted by Crippen LogP contribution is -2.27. The van der Waals surface area contributed by atoms with Crippen LogP contribution in [0.3, 0.4) is 0 Å². The van der Waals surface area contributed by atoms with Gasteiger partial charge >= 0.3 is 0 Å². The maximum atomic E-state index is 4.45. The van der Waals surface area contributed by atoms with Gasteiger partial charge < -0.3 is 5.32 Å². The van der Waals surface area contributed by atoms with E-state index in [1.54, 1.807) is 0 Å². The van der Waals surface area contributed by atoms with Crippen LogP contribution in [0.5, 0.6) is 0 Å². The molecule has 1 aliphatic carbocycles. The number of nitrogens with zero attached hydrogens (tertiary/aromatic N) is 2. The molecule has 0 saturated heterocycles. The quantitative estimate of drug-likeness (QED) is 0.890. The average molecular weight is 255 g/mol. The molecule has 1 aromatic carbocycles. The molecule has 100 valence electrons. The molecule has 1 fully saturated rings. The third kappa shape index (κ3) is 2.71. The molecule has 1 N–H and O–H groups in total. The summed E-state index contributed by atoms with van der Waals surface area (Å²) in [6.45, 7) is 4.09. The summed E-state index contributed by atoms with van der Waals surface area (Å²) in [5.74, 6) is 1.95. The second-order valence-corrected chi connectivity index (χ2v) is 5.40. The summed E-state index contributed by atoms with van der Waals surface area (Å²) in [5.41, 5.74) is 2.43. The van der Waals surface area contributed by atoms with Crippen LogP contribution in [0.15, 0.2) is 36.5 Å². The summed E-state index contributed by atoms with van der Waals surface area (Å²) in [7, 11) is 0. The summed E-state index contributed by atoms with van der Waals surface area (Å²) in [6, 6.07) is 10.4. The van der Waals surface area contributed by atoms with E-state index in [-0.39, 0.29) is 0 Å². The first-order valence-corrected chi connectivity index (χ1v) is 7.14. The van der Waals surface area contributed by atoms with Gasteiger partial charge in [0.15, 0.2) is 0 Å². The van der Waals surface area contributed by atoms with E-state index in [0.717, 1.165) is 24.8 Å². The third-order valence-electron chi connectivity index (χ3n) is 3.99. The van der Waals surface area contributed by atoms with E-state index in [4.69, 9.17) is 0 Å². The first-order valence-electron chi connectivity index (χ1n) is 7.14. The molecule has 2 aromatic rings. The number of imidazole rings is 1. The van der Waals surface area contributed by atoms with Gasteiger partial charge in [0.05, 0.1) is 11.9 Å². The number of rotatable bonds is 5. The standard InChI is InChI=1S/C16H21N3/c1-13-18-12-16(11-17-10-14-6-5-7-14)19(13)15-8-3-2-4-9-15/h2-4,8-9,12,14,17H,5-7,10-11H2,1H3. The molecule has 3 nitrogen and oxygen atoms in total. The molecule has 0 bridgehead atoms. The van der Waals surface area contributed by atoms with Crippen LogP contribution in [0.4, 0.5) is 0 Å². The predicted molar refractivity (Wildman–Crippen MR) is 77.3 cm³/mol. The van der Waals surface area contributed by atoms with Crippen molar-refractivity contribution in [1.29, 1.82) is 0 Å². The minimum Gasteiger partial charge on any atom is -0.311 e. The van der Waals surface area contributed by atoms with Crippen LogP contribution in [0.2, 0.25) is 0 Å². The minimum absolute atomic E-state index is 0.895. The molecule has 3 heteroatoms. The highest BCUT2D eigenvalue weighted by Crippen LogP contribution is 2.25. The van der Waals surface area contributed by atoms with Gasteiger partial charge in [0.1, 0.15) is 5.82 Å². The Labute approximate surface area is 114 Å². The van der Waals surface area contributed by atoms with E-state index in [1.165, 1.54) is 30.6 Å². The number of para-hydroxylation sites is 1. The molecule has 0 amide bonds. The van der Waals surface area contributed by atoms with Crippen molar-refractivity contribution in [2.75, 3.05) is 6.54 Å². The fraction of sp³-hybridized carbons (Fsp3) is 0.438. The summed E-state index contributed by atoms with van der Waals surface area (Å²) in [4.78, 5) is 4.45. The Hall–Kier alpha value is -1.61. The molecular formula is C16H21N3. The topological polar surface area (TPSA) is 29.9 Å². The van der Waals surface area contributed by atoms with E-state index < -0.39 is 0 Å². The third-order valence-corrected chi connectivity index (χ3v) is 3.99. The zero-order valence-electron chi connectivity index (χ0n) is 11.5. The SMILES string of the molecule is Cc1ncc(CNCC2CCC2)n1-c1ccccc1. The van der Waals surface area contributed by atoms with Gasteiger partial charge in [-0.05, 0) is 44.4 Å². The van der Waals surface area contributed by atoms with E-state index in [2.05, 4.69) is 46.1 Å². The van der Waals surface area contributed by atoms with Gasteiger partial charge in [-0.25, -0.2) is 4.98 Å². The Morgan fingerprint density at radius 1 is 1.26 bits per heavy atom. The van der Waals surface area contributed by atoms with Crippen LogP contribution in [-0.2, 0) is 6.54 Å². The normalized spacial score (nSPS) is 15.4. The second kappa shape index (κ2) is 5.57. The van der Waals surface area contributed by atoms with Gasteiger partial charge in [-0.2, -0.15) is 0 Å². The number of nitrogens with one attached hydrogen (secondary N) is 1. The number of aromatic nitrogens is 2. The number of hydrogen-bond donors (Lipinski definition) is 1. The van der Waals surface area contributed by atoms with Gasteiger partial charge in [-0.15, -0.1) is 0 Å². The predicted octanol–water partition coefficient (Wildman–Crippen LogP) is 3.07. The van der Waals surface area contributed by atoms with Crippen molar-refractivity contribution in [1.82, 2.24) is 14.9 Å². The van der Waals surface area contributed by atoms with E-state index in [9.17, 15) is 0 Å². The van der Waals surface area contributed by atoms with Crippen molar-refractivity contribution in [3.63, 3.8) is 0 Å². The van der Waals surface area contributed by atoms with E-state index >= 15 is 0 Å². The zero-order valence-corrected chi connectivity index (χ0v) is 11.5. The van der Waals surface area contributed by atoms with Gasteiger partial charge in [-0.1, -0.05) is 24.6 Å². The van der Waals surface area contributed by atoms with E-state index in [0.29, 0.717) is 0 Å². The van der Waals surface area contributed by atoms with Crippen LogP contribution in [0.1, 0.15) is 30.8 Å². The fourth-order valence-corrected chi connectivity index (χ4v) is 2.65. The Balaban J connectivity index is 1.71. The number of benzene rings is 1. The fourth-order valence-electron chi connectivity index (χ4n) is 2.65. The lowest BCUT2D eigenvalue weighted by Gasteiger charge is -2.25. The lowest BCUT2D eigenvalue weighted by molar-refractivity contribution is 0.300. The van der Waals surface area contributed by atoms with Crippen molar-refractivity contribution in [3.8, 4) is 5.69 Å². The Kier molecular flexibility index (Phi) is 3.65. The van der Waals surface area contributed by atoms with Crippen LogP contribution in [-0.4, -0.2) is 16.1 Å². The van der Waals surface area contributed by atoms with Crippen LogP contribution < -0.4 is 5.32 Å². The molecule has 0 aliphatic heterocycles. The molecule has 1 aliphatic rings. The summed E-state index contributed by atoms with van der Waals surface area (Å²) >= 11 is 0. The Morgan fingerprint density at radius 3 is 2.74 bits per heavy atom. The number of aryl methyl sites for hydroxylation is 1. The molecule has 1 saturated carbocycles. The van der Waals surface area contributed by atoms with Gasteiger partial charge in [0.25, 0.3) is 0 Å². The Bertz CT molecular complexity index is 526. The molecule has 19 heavy (non-hydrogen) atoms. The minimum atomic E-state index is 0.895. The lowest BCUT2D eigenvalue weighted by atomic mass is 9.85. The van der Waals surface area contributed by atoms with Crippen LogP contribution in [0, 0.1) is 12.8 Å². The largest absolute Gasteiger partial charge is 0.311 e. The molecule has 1 aromatic heterocycles. The highest BCUT2D eigenvalue weighted by Gasteiger charge is 2.17. The first-order chi connectivity index (χ1) is 9.34. The van der Waals surface area contributed by atoms with Crippen molar-refractivity contribution in [2.45, 2.75) is 32.7 Å². The molecular weight excluding hydrogens is 234 g/mol.